The number of hydrogen-bond acceptors (Lipinski definition) is 3. The van der Waals surface area contributed by atoms with Gasteiger partial charge in [0.1, 0.15) is 22.7 Å². The molecule has 0 bridgehead atoms. The van der Waals surface area contributed by atoms with Crippen molar-refractivity contribution in [2.24, 2.45) is 0 Å². The van der Waals surface area contributed by atoms with Gasteiger partial charge in [0, 0.05) is 50.3 Å². The zero-order valence-corrected chi connectivity index (χ0v) is 18.1. The third-order valence-corrected chi connectivity index (χ3v) is 6.14. The zero-order chi connectivity index (χ0) is 20.9. The molecule has 0 spiro atoms. The van der Waals surface area contributed by atoms with Crippen molar-refractivity contribution in [1.82, 2.24) is 14.3 Å². The number of piperidine rings is 1. The Kier molecular flexibility index (Phi) is 6.58. The van der Waals surface area contributed by atoms with E-state index >= 15 is 0 Å². The molecule has 30 heavy (non-hydrogen) atoms. The summed E-state index contributed by atoms with van der Waals surface area (Å²) in [5.41, 5.74) is 2.83. The van der Waals surface area contributed by atoms with E-state index in [9.17, 15) is 4.79 Å². The van der Waals surface area contributed by atoms with Gasteiger partial charge in [-0.15, -0.1) is 0 Å². The number of amides is 1. The maximum atomic E-state index is 12.3. The van der Waals surface area contributed by atoms with Crippen LogP contribution in [0, 0.1) is 0 Å². The Morgan fingerprint density at radius 1 is 1.13 bits per heavy atom. The first kappa shape index (κ1) is 20.7. The molecule has 0 atom stereocenters. The first-order valence-corrected chi connectivity index (χ1v) is 11.2. The average molecular weight is 426 g/mol. The van der Waals surface area contributed by atoms with Crippen LogP contribution in [0.2, 0.25) is 5.15 Å². The van der Waals surface area contributed by atoms with E-state index in [-0.39, 0.29) is 12.0 Å². The number of likely N-dealkylation sites (tertiary alicyclic amines) is 1. The van der Waals surface area contributed by atoms with Crippen LogP contribution in [-0.4, -0.2) is 39.4 Å². The predicted octanol–water partition coefficient (Wildman–Crippen LogP) is 5.60. The fraction of sp³-hybridized carbons (Fsp3) is 0.417. The van der Waals surface area contributed by atoms with E-state index in [1.165, 1.54) is 0 Å². The molecule has 1 aliphatic heterocycles. The van der Waals surface area contributed by atoms with Crippen LogP contribution in [0.25, 0.3) is 16.8 Å². The highest BCUT2D eigenvalue weighted by molar-refractivity contribution is 6.32. The number of hydrogen-bond donors (Lipinski definition) is 0. The molecule has 0 unspecified atom stereocenters. The highest BCUT2D eigenvalue weighted by Gasteiger charge is 2.23. The van der Waals surface area contributed by atoms with Gasteiger partial charge in [0.05, 0.1) is 0 Å². The Morgan fingerprint density at radius 3 is 2.63 bits per heavy atom. The molecule has 0 radical (unpaired) electrons. The lowest BCUT2D eigenvalue weighted by molar-refractivity contribution is -0.133. The molecule has 3 aromatic rings. The van der Waals surface area contributed by atoms with Crippen LogP contribution in [0.3, 0.4) is 0 Å². The number of benzene rings is 1. The molecule has 0 N–H and O–H groups in total. The van der Waals surface area contributed by atoms with E-state index in [4.69, 9.17) is 16.3 Å². The average Bonchev–Trinajstić information content (AvgIpc) is 3.25. The van der Waals surface area contributed by atoms with Gasteiger partial charge in [0.25, 0.3) is 0 Å². The lowest BCUT2D eigenvalue weighted by Crippen LogP contribution is -2.41. The number of carbonyl (C=O) groups is 1. The van der Waals surface area contributed by atoms with Crippen LogP contribution < -0.4 is 4.74 Å². The van der Waals surface area contributed by atoms with Crippen molar-refractivity contribution in [3.8, 4) is 16.9 Å². The number of pyridine rings is 1. The summed E-state index contributed by atoms with van der Waals surface area (Å²) >= 11 is 6.55. The summed E-state index contributed by atoms with van der Waals surface area (Å²) < 4.78 is 8.05. The molecule has 4 rings (SSSR count). The molecular weight excluding hydrogens is 398 g/mol. The second-order valence-electron chi connectivity index (χ2n) is 7.87. The van der Waals surface area contributed by atoms with Gasteiger partial charge >= 0.3 is 0 Å². The number of imidazole rings is 1. The van der Waals surface area contributed by atoms with Gasteiger partial charge in [-0.05, 0) is 36.2 Å². The minimum absolute atomic E-state index is 0.154. The Morgan fingerprint density at radius 2 is 1.90 bits per heavy atom. The summed E-state index contributed by atoms with van der Waals surface area (Å²) in [6, 6.07) is 12.0. The Balaban J connectivity index is 1.33. The quantitative estimate of drug-likeness (QED) is 0.365. The van der Waals surface area contributed by atoms with Crippen LogP contribution in [0.4, 0.5) is 0 Å². The van der Waals surface area contributed by atoms with Gasteiger partial charge < -0.3 is 9.64 Å². The minimum Gasteiger partial charge on any atom is -0.490 e. The van der Waals surface area contributed by atoms with Crippen molar-refractivity contribution < 1.29 is 9.53 Å². The van der Waals surface area contributed by atoms with E-state index in [0.29, 0.717) is 11.6 Å². The molecule has 3 heterocycles. The summed E-state index contributed by atoms with van der Waals surface area (Å²) in [5.74, 6) is 1.14. The summed E-state index contributed by atoms with van der Waals surface area (Å²) in [6.45, 7) is 3.73. The van der Waals surface area contributed by atoms with Crippen LogP contribution in [0.15, 0.2) is 48.8 Å². The fourth-order valence-corrected chi connectivity index (χ4v) is 4.30. The zero-order valence-electron chi connectivity index (χ0n) is 17.4. The van der Waals surface area contributed by atoms with Gasteiger partial charge in [-0.25, -0.2) is 4.98 Å². The molecule has 0 aliphatic carbocycles. The van der Waals surface area contributed by atoms with Gasteiger partial charge in [0.15, 0.2) is 0 Å². The molecule has 1 saturated heterocycles. The van der Waals surface area contributed by atoms with Gasteiger partial charge in [-0.3, -0.25) is 9.20 Å². The molecule has 6 heteroatoms. The number of carbonyl (C=O) groups excluding carboxylic acids is 1. The summed E-state index contributed by atoms with van der Waals surface area (Å²) in [6.07, 6.45) is 9.46. The van der Waals surface area contributed by atoms with E-state index in [1.807, 2.05) is 51.9 Å². The number of nitrogens with zero attached hydrogens (tertiary/aromatic N) is 3. The number of halogens is 1. The smallest absolute Gasteiger partial charge is 0.222 e. The van der Waals surface area contributed by atoms with Crippen molar-refractivity contribution in [3.63, 3.8) is 0 Å². The Labute approximate surface area is 182 Å². The molecule has 1 fully saturated rings. The lowest BCUT2D eigenvalue weighted by atomic mass is 10.1. The van der Waals surface area contributed by atoms with Crippen molar-refractivity contribution >= 4 is 23.2 Å². The van der Waals surface area contributed by atoms with Crippen molar-refractivity contribution in [2.75, 3.05) is 13.1 Å². The SMILES string of the molecule is CCCCCC(=O)N1CCC(Oc2ccc(-c3ccc4nccn4c3Cl)cc2)CC1. The predicted molar refractivity (Wildman–Crippen MR) is 120 cm³/mol. The lowest BCUT2D eigenvalue weighted by Gasteiger charge is -2.32. The van der Waals surface area contributed by atoms with Crippen LogP contribution in [0.5, 0.6) is 5.75 Å². The second kappa shape index (κ2) is 9.52. The second-order valence-corrected chi connectivity index (χ2v) is 8.23. The standard InChI is InChI=1S/C24H28ClN3O2/c1-2-3-4-5-23(29)27-15-12-20(13-16-27)30-19-8-6-18(7-9-19)21-10-11-22-26-14-17-28(22)24(21)25/h6-11,14,17,20H,2-5,12-13,15-16H2,1H3. The van der Waals surface area contributed by atoms with Crippen LogP contribution in [-0.2, 0) is 4.79 Å². The summed E-state index contributed by atoms with van der Waals surface area (Å²) in [5, 5.41) is 0.648. The highest BCUT2D eigenvalue weighted by Crippen LogP contribution is 2.30. The summed E-state index contributed by atoms with van der Waals surface area (Å²) in [4.78, 5) is 18.5. The van der Waals surface area contributed by atoms with Crippen molar-refractivity contribution in [1.29, 1.82) is 0 Å². The van der Waals surface area contributed by atoms with E-state index < -0.39 is 0 Å². The third kappa shape index (κ3) is 4.62. The molecule has 0 saturated carbocycles. The number of rotatable bonds is 7. The van der Waals surface area contributed by atoms with Crippen molar-refractivity contribution in [2.45, 2.75) is 51.6 Å². The number of unbranched alkanes of at least 4 members (excludes halogenated alkanes) is 2. The number of ether oxygens (including phenoxy) is 1. The summed E-state index contributed by atoms with van der Waals surface area (Å²) in [7, 11) is 0. The molecule has 1 amide bonds. The first-order valence-electron chi connectivity index (χ1n) is 10.8. The maximum absolute atomic E-state index is 12.3. The van der Waals surface area contributed by atoms with Gasteiger partial charge in [-0.1, -0.05) is 43.5 Å². The van der Waals surface area contributed by atoms with E-state index in [0.717, 1.165) is 67.7 Å². The normalized spacial score (nSPS) is 14.9. The number of fused-ring (bicyclic) bond motifs is 1. The minimum atomic E-state index is 0.154. The van der Waals surface area contributed by atoms with Crippen molar-refractivity contribution in [3.05, 3.63) is 53.9 Å². The van der Waals surface area contributed by atoms with Crippen LogP contribution >= 0.6 is 11.6 Å². The fourth-order valence-electron chi connectivity index (χ4n) is 3.99. The van der Waals surface area contributed by atoms with Gasteiger partial charge in [-0.2, -0.15) is 0 Å². The van der Waals surface area contributed by atoms with E-state index in [2.05, 4.69) is 11.9 Å². The van der Waals surface area contributed by atoms with Gasteiger partial charge in [0.2, 0.25) is 5.91 Å². The first-order chi connectivity index (χ1) is 14.7. The molecule has 1 aliphatic rings. The third-order valence-electron chi connectivity index (χ3n) is 5.76. The molecule has 2 aromatic heterocycles. The maximum Gasteiger partial charge on any atom is 0.222 e. The topological polar surface area (TPSA) is 46.8 Å². The molecule has 5 nitrogen and oxygen atoms in total. The molecule has 158 valence electrons. The number of aromatic nitrogens is 2. The highest BCUT2D eigenvalue weighted by atomic mass is 35.5. The molecular formula is C24H28ClN3O2. The molecule has 1 aromatic carbocycles. The largest absolute Gasteiger partial charge is 0.490 e. The Hall–Kier alpha value is -2.53. The monoisotopic (exact) mass is 425 g/mol. The van der Waals surface area contributed by atoms with Crippen LogP contribution in [0.1, 0.15) is 45.4 Å². The van der Waals surface area contributed by atoms with E-state index in [1.54, 1.807) is 6.20 Å². The Bertz CT molecular complexity index is 991.